The van der Waals surface area contributed by atoms with Crippen molar-refractivity contribution in [3.63, 3.8) is 0 Å². The molecule has 35 heavy (non-hydrogen) atoms. The van der Waals surface area contributed by atoms with E-state index in [1.54, 1.807) is 31.2 Å². The first-order chi connectivity index (χ1) is 17.0. The van der Waals surface area contributed by atoms with E-state index < -0.39 is 0 Å². The van der Waals surface area contributed by atoms with Crippen LogP contribution in [-0.4, -0.2) is 54.5 Å². The van der Waals surface area contributed by atoms with Crippen molar-refractivity contribution < 1.29 is 14.3 Å². The van der Waals surface area contributed by atoms with Crippen molar-refractivity contribution in [2.24, 2.45) is 0 Å². The third-order valence-corrected chi connectivity index (χ3v) is 5.21. The smallest absolute Gasteiger partial charge is 0.338 e. The number of nitrogen functional groups attached to an aromatic ring is 1. The van der Waals surface area contributed by atoms with Crippen molar-refractivity contribution in [3.8, 4) is 5.88 Å². The van der Waals surface area contributed by atoms with Gasteiger partial charge in [-0.3, -0.25) is 4.68 Å². The number of fused-ring (bicyclic) bond motifs is 1. The summed E-state index contributed by atoms with van der Waals surface area (Å²) in [6, 6.07) is 25.3. The zero-order valence-corrected chi connectivity index (χ0v) is 20.7. The van der Waals surface area contributed by atoms with Gasteiger partial charge in [0.05, 0.1) is 36.2 Å². The Balaban J connectivity index is 0.000000241. The number of hydrogen-bond donors (Lipinski definition) is 1. The molecule has 1 heterocycles. The lowest BCUT2D eigenvalue weighted by atomic mass is 10.2. The maximum atomic E-state index is 11.1. The maximum Gasteiger partial charge on any atom is 0.338 e. The van der Waals surface area contributed by atoms with Gasteiger partial charge in [-0.1, -0.05) is 42.5 Å². The molecule has 4 rings (SSSR count). The Morgan fingerprint density at radius 2 is 1.66 bits per heavy atom. The summed E-state index contributed by atoms with van der Waals surface area (Å²) in [5.41, 5.74) is 8.97. The third-order valence-electron chi connectivity index (χ3n) is 5.21. The number of nitrogens with two attached hydrogens (primary N) is 1. The largest absolute Gasteiger partial charge is 0.476 e. The van der Waals surface area contributed by atoms with E-state index in [4.69, 9.17) is 15.2 Å². The first-order valence-electron chi connectivity index (χ1n) is 11.8. The highest BCUT2D eigenvalue weighted by Gasteiger charge is 2.11. The lowest BCUT2D eigenvalue weighted by Crippen LogP contribution is -2.15. The number of esters is 1. The molecule has 0 fully saturated rings. The highest BCUT2D eigenvalue weighted by Crippen LogP contribution is 2.25. The molecule has 7 heteroatoms. The molecule has 4 aromatic rings. The van der Waals surface area contributed by atoms with Crippen LogP contribution in [0.15, 0.2) is 78.9 Å². The van der Waals surface area contributed by atoms with Crippen LogP contribution >= 0.6 is 0 Å². The summed E-state index contributed by atoms with van der Waals surface area (Å²) in [6.45, 7) is 4.62. The summed E-state index contributed by atoms with van der Waals surface area (Å²) in [6.07, 6.45) is 0.993. The molecular formula is C28H34N4O3. The predicted octanol–water partition coefficient (Wildman–Crippen LogP) is 4.86. The van der Waals surface area contributed by atoms with Crippen LogP contribution < -0.4 is 10.5 Å². The normalized spacial score (nSPS) is 10.6. The summed E-state index contributed by atoms with van der Waals surface area (Å²) in [5.74, 6) is 0.424. The van der Waals surface area contributed by atoms with Gasteiger partial charge in [0, 0.05) is 12.2 Å². The van der Waals surface area contributed by atoms with E-state index in [9.17, 15) is 4.79 Å². The van der Waals surface area contributed by atoms with Crippen LogP contribution in [0.25, 0.3) is 10.9 Å². The summed E-state index contributed by atoms with van der Waals surface area (Å²) in [5, 5.41) is 5.76. The number of carbonyl (C=O) groups excluding carboxylic acids is 1. The molecule has 1 aromatic heterocycles. The Bertz CT molecular complexity index is 1190. The molecule has 0 aliphatic carbocycles. The number of benzene rings is 3. The van der Waals surface area contributed by atoms with Crippen molar-refractivity contribution >= 4 is 22.6 Å². The minimum Gasteiger partial charge on any atom is -0.476 e. The van der Waals surface area contributed by atoms with Gasteiger partial charge >= 0.3 is 5.97 Å². The van der Waals surface area contributed by atoms with E-state index in [0.29, 0.717) is 24.5 Å². The van der Waals surface area contributed by atoms with Crippen molar-refractivity contribution in [1.29, 1.82) is 0 Å². The van der Waals surface area contributed by atoms with E-state index in [1.165, 1.54) is 5.56 Å². The number of aromatic nitrogens is 2. The Labute approximate surface area is 207 Å². The van der Waals surface area contributed by atoms with Crippen LogP contribution in [-0.2, 0) is 11.3 Å². The van der Waals surface area contributed by atoms with Crippen LogP contribution in [0.4, 0.5) is 5.69 Å². The molecule has 184 valence electrons. The zero-order valence-electron chi connectivity index (χ0n) is 20.7. The van der Waals surface area contributed by atoms with Gasteiger partial charge in [0.25, 0.3) is 0 Å². The van der Waals surface area contributed by atoms with Gasteiger partial charge in [-0.2, -0.15) is 0 Å². The summed E-state index contributed by atoms with van der Waals surface area (Å²) in [4.78, 5) is 13.3. The standard InChI is InChI=1S/C19H23N3O.C9H11NO2/c1-21(2)13-8-14-23-19-17-11-6-7-12-18(17)22(20-19)15-16-9-4-3-5-10-16;1-2-12-9(11)7-3-5-8(10)6-4-7/h3-7,9-12H,8,13-15H2,1-2H3;3-6H,2,10H2,1H3. The van der Waals surface area contributed by atoms with E-state index >= 15 is 0 Å². The number of ether oxygens (including phenoxy) is 2. The highest BCUT2D eigenvalue weighted by molar-refractivity contribution is 5.89. The van der Waals surface area contributed by atoms with E-state index in [-0.39, 0.29) is 5.97 Å². The second-order valence-electron chi connectivity index (χ2n) is 8.31. The first kappa shape index (κ1) is 25.8. The van der Waals surface area contributed by atoms with Crippen molar-refractivity contribution in [2.75, 3.05) is 39.6 Å². The molecule has 0 saturated carbocycles. The number of para-hydroxylation sites is 1. The average Bonchev–Trinajstić information content (AvgIpc) is 3.21. The van der Waals surface area contributed by atoms with Crippen molar-refractivity contribution in [1.82, 2.24) is 14.7 Å². The fourth-order valence-corrected chi connectivity index (χ4v) is 3.46. The summed E-state index contributed by atoms with van der Waals surface area (Å²) >= 11 is 0. The molecule has 0 atom stereocenters. The number of hydrogen-bond acceptors (Lipinski definition) is 6. The molecule has 0 saturated heterocycles. The van der Waals surface area contributed by atoms with Gasteiger partial charge in [-0.15, -0.1) is 5.10 Å². The average molecular weight is 475 g/mol. The molecule has 0 radical (unpaired) electrons. The van der Waals surface area contributed by atoms with Gasteiger partial charge in [0.1, 0.15) is 0 Å². The van der Waals surface area contributed by atoms with Gasteiger partial charge in [-0.05, 0) is 69.4 Å². The molecular weight excluding hydrogens is 440 g/mol. The molecule has 2 N–H and O–H groups in total. The Kier molecular flexibility index (Phi) is 9.69. The number of rotatable bonds is 9. The van der Waals surface area contributed by atoms with E-state index in [0.717, 1.165) is 36.3 Å². The first-order valence-corrected chi connectivity index (χ1v) is 11.8. The number of nitrogens with zero attached hydrogens (tertiary/aromatic N) is 3. The molecule has 0 aliphatic heterocycles. The SMILES string of the molecule is CCOC(=O)c1ccc(N)cc1.CN(C)CCCOc1nn(Cc2ccccc2)c2ccccc12. The predicted molar refractivity (Wildman–Crippen MR) is 141 cm³/mol. The minimum atomic E-state index is -0.308. The zero-order chi connectivity index (χ0) is 25.0. The minimum absolute atomic E-state index is 0.308. The lowest BCUT2D eigenvalue weighted by Gasteiger charge is -2.09. The molecule has 0 bridgehead atoms. The van der Waals surface area contributed by atoms with Gasteiger partial charge in [0.2, 0.25) is 5.88 Å². The van der Waals surface area contributed by atoms with Crippen molar-refractivity contribution in [2.45, 2.75) is 19.9 Å². The van der Waals surface area contributed by atoms with Crippen LogP contribution in [0.2, 0.25) is 0 Å². The van der Waals surface area contributed by atoms with E-state index in [2.05, 4.69) is 60.5 Å². The lowest BCUT2D eigenvalue weighted by molar-refractivity contribution is 0.0526. The number of anilines is 1. The molecule has 0 amide bonds. The molecule has 3 aromatic carbocycles. The summed E-state index contributed by atoms with van der Waals surface area (Å²) in [7, 11) is 4.15. The van der Waals surface area contributed by atoms with Crippen LogP contribution in [0.3, 0.4) is 0 Å². The fourth-order valence-electron chi connectivity index (χ4n) is 3.46. The Hall–Kier alpha value is -3.84. The molecule has 0 aliphatic rings. The topological polar surface area (TPSA) is 82.6 Å². The monoisotopic (exact) mass is 474 g/mol. The Morgan fingerprint density at radius 3 is 2.34 bits per heavy atom. The number of carbonyl (C=O) groups is 1. The second kappa shape index (κ2) is 13.2. The second-order valence-corrected chi connectivity index (χ2v) is 8.31. The van der Waals surface area contributed by atoms with Crippen LogP contribution in [0.1, 0.15) is 29.3 Å². The summed E-state index contributed by atoms with van der Waals surface area (Å²) < 4.78 is 12.7. The van der Waals surface area contributed by atoms with Crippen LogP contribution in [0, 0.1) is 0 Å². The fraction of sp³-hybridized carbons (Fsp3) is 0.286. The maximum absolute atomic E-state index is 11.1. The van der Waals surface area contributed by atoms with Crippen molar-refractivity contribution in [3.05, 3.63) is 90.0 Å². The quantitative estimate of drug-likeness (QED) is 0.212. The molecule has 0 spiro atoms. The van der Waals surface area contributed by atoms with E-state index in [1.807, 2.05) is 22.9 Å². The highest BCUT2D eigenvalue weighted by atomic mass is 16.5. The molecule has 7 nitrogen and oxygen atoms in total. The van der Waals surface area contributed by atoms with Gasteiger partial charge in [-0.25, -0.2) is 4.79 Å². The third kappa shape index (κ3) is 7.86. The van der Waals surface area contributed by atoms with Gasteiger partial charge < -0.3 is 20.1 Å². The molecule has 0 unspecified atom stereocenters. The van der Waals surface area contributed by atoms with Gasteiger partial charge in [0.15, 0.2) is 0 Å². The van der Waals surface area contributed by atoms with Crippen LogP contribution in [0.5, 0.6) is 5.88 Å². The Morgan fingerprint density at radius 1 is 0.971 bits per heavy atom.